The van der Waals surface area contributed by atoms with E-state index in [1.165, 1.54) is 24.6 Å². The summed E-state index contributed by atoms with van der Waals surface area (Å²) in [5.41, 5.74) is 0.259. The van der Waals surface area contributed by atoms with E-state index in [-0.39, 0.29) is 40.7 Å². The fraction of sp³-hybridized carbons (Fsp3) is 0.409. The highest BCUT2D eigenvalue weighted by molar-refractivity contribution is 5.85. The number of fused-ring (bicyclic) bond motifs is 1. The molecule has 1 aliphatic rings. The minimum atomic E-state index is -4.54. The number of pyridine rings is 1. The molecule has 0 N–H and O–H groups in total. The van der Waals surface area contributed by atoms with E-state index in [1.54, 1.807) is 23.1 Å². The molecular weight excluding hydrogens is 426 g/mol. The molecule has 0 bridgehead atoms. The van der Waals surface area contributed by atoms with Crippen LogP contribution >= 0.6 is 0 Å². The molecule has 10 heteroatoms. The monoisotopic (exact) mass is 449 g/mol. The molecular formula is C22H23F4N5O. The molecule has 1 amide bonds. The number of halogens is 4. The first-order valence-electron chi connectivity index (χ1n) is 10.3. The molecule has 1 aromatic carbocycles. The number of piperazine rings is 1. The zero-order chi connectivity index (χ0) is 23.0. The number of nitrogens with zero attached hydrogens (tertiary/aromatic N) is 5. The van der Waals surface area contributed by atoms with Gasteiger partial charge < -0.3 is 4.90 Å². The average molecular weight is 449 g/mol. The number of hydrogen-bond acceptors (Lipinski definition) is 4. The van der Waals surface area contributed by atoms with Crippen LogP contribution in [0.2, 0.25) is 0 Å². The van der Waals surface area contributed by atoms with Crippen molar-refractivity contribution in [2.45, 2.75) is 33.1 Å². The predicted molar refractivity (Wildman–Crippen MR) is 110 cm³/mol. The van der Waals surface area contributed by atoms with Gasteiger partial charge >= 0.3 is 6.18 Å². The number of rotatable bonds is 4. The van der Waals surface area contributed by atoms with Gasteiger partial charge in [-0.3, -0.25) is 9.69 Å². The van der Waals surface area contributed by atoms with Crippen LogP contribution in [0.25, 0.3) is 11.0 Å². The summed E-state index contributed by atoms with van der Waals surface area (Å²) >= 11 is 0. The first-order valence-corrected chi connectivity index (χ1v) is 10.3. The third-order valence-corrected chi connectivity index (χ3v) is 5.67. The highest BCUT2D eigenvalue weighted by Crippen LogP contribution is 2.36. The Morgan fingerprint density at radius 1 is 1.09 bits per heavy atom. The molecule has 3 aromatic rings. The van der Waals surface area contributed by atoms with Crippen LogP contribution in [0, 0.1) is 19.7 Å². The van der Waals surface area contributed by atoms with Crippen LogP contribution in [0.15, 0.2) is 30.3 Å². The number of carbonyl (C=O) groups is 1. The lowest BCUT2D eigenvalue weighted by atomic mass is 10.1. The average Bonchev–Trinajstić information content (AvgIpc) is 3.04. The Kier molecular flexibility index (Phi) is 5.89. The normalized spacial score (nSPS) is 15.5. The molecule has 0 unspecified atom stereocenters. The Morgan fingerprint density at radius 3 is 2.44 bits per heavy atom. The van der Waals surface area contributed by atoms with Gasteiger partial charge in [0.15, 0.2) is 5.65 Å². The highest BCUT2D eigenvalue weighted by Gasteiger charge is 2.35. The van der Waals surface area contributed by atoms with Gasteiger partial charge in [0.1, 0.15) is 12.4 Å². The van der Waals surface area contributed by atoms with Crippen molar-refractivity contribution < 1.29 is 22.4 Å². The summed E-state index contributed by atoms with van der Waals surface area (Å²) in [5, 5.41) is 4.10. The fourth-order valence-electron chi connectivity index (χ4n) is 4.06. The van der Waals surface area contributed by atoms with Crippen LogP contribution in [0.5, 0.6) is 0 Å². The van der Waals surface area contributed by atoms with Gasteiger partial charge in [0.05, 0.1) is 16.6 Å². The summed E-state index contributed by atoms with van der Waals surface area (Å²) in [6, 6.07) is 7.59. The van der Waals surface area contributed by atoms with Crippen molar-refractivity contribution in [1.29, 1.82) is 0 Å². The Hall–Kier alpha value is -3.01. The van der Waals surface area contributed by atoms with Crippen LogP contribution in [0.1, 0.15) is 22.5 Å². The molecule has 170 valence electrons. The third kappa shape index (κ3) is 4.45. The van der Waals surface area contributed by atoms with Crippen molar-refractivity contribution in [3.8, 4) is 0 Å². The lowest BCUT2D eigenvalue weighted by Gasteiger charge is -2.34. The van der Waals surface area contributed by atoms with E-state index >= 15 is 0 Å². The second-order valence-corrected chi connectivity index (χ2v) is 8.00. The second-order valence-electron chi connectivity index (χ2n) is 8.00. The number of aryl methyl sites for hydroxylation is 2. The third-order valence-electron chi connectivity index (χ3n) is 5.67. The maximum atomic E-state index is 13.9. The minimum absolute atomic E-state index is 0.0568. The van der Waals surface area contributed by atoms with Gasteiger partial charge in [0, 0.05) is 44.0 Å². The molecule has 1 fully saturated rings. The molecule has 32 heavy (non-hydrogen) atoms. The van der Waals surface area contributed by atoms with E-state index in [1.807, 2.05) is 0 Å². The Bertz CT molecular complexity index is 1150. The molecule has 4 rings (SSSR count). The number of aromatic nitrogens is 3. The van der Waals surface area contributed by atoms with Crippen molar-refractivity contribution in [3.05, 3.63) is 58.7 Å². The van der Waals surface area contributed by atoms with Crippen molar-refractivity contribution in [3.63, 3.8) is 0 Å². The molecule has 2 aromatic heterocycles. The summed E-state index contributed by atoms with van der Waals surface area (Å²) in [7, 11) is 0. The Balaban J connectivity index is 1.46. The standard InChI is InChI=1S/C22H23F4N5O/c1-14-11-17(22(24,25)26)20-15(2)28-31(21(20)27-14)13-19(32)30-9-7-29(8-10-30)12-16-5-3-4-6-18(16)23/h3-6,11H,7-10,12-13H2,1-2H3. The SMILES string of the molecule is Cc1cc(C(F)(F)F)c2c(C)nn(CC(=O)N3CCN(Cc4ccccc4F)CC3)c2n1. The van der Waals surface area contributed by atoms with Gasteiger partial charge in [-0.05, 0) is 26.0 Å². The van der Waals surface area contributed by atoms with Gasteiger partial charge in [-0.15, -0.1) is 0 Å². The zero-order valence-electron chi connectivity index (χ0n) is 17.8. The molecule has 0 saturated carbocycles. The molecule has 0 radical (unpaired) electrons. The van der Waals surface area contributed by atoms with Gasteiger partial charge in [-0.2, -0.15) is 18.3 Å². The van der Waals surface area contributed by atoms with E-state index in [4.69, 9.17) is 0 Å². The molecule has 0 atom stereocenters. The predicted octanol–water partition coefficient (Wildman–Crippen LogP) is 3.55. The number of carbonyl (C=O) groups excluding carboxylic acids is 1. The summed E-state index contributed by atoms with van der Waals surface area (Å²) in [4.78, 5) is 20.8. The van der Waals surface area contributed by atoms with Crippen LogP contribution < -0.4 is 0 Å². The van der Waals surface area contributed by atoms with E-state index in [0.29, 0.717) is 38.3 Å². The summed E-state index contributed by atoms with van der Waals surface area (Å²) < 4.78 is 55.6. The molecule has 1 aliphatic heterocycles. The van der Waals surface area contributed by atoms with Crippen LogP contribution in [0.3, 0.4) is 0 Å². The fourth-order valence-corrected chi connectivity index (χ4v) is 4.06. The number of amides is 1. The van der Waals surface area contributed by atoms with Crippen molar-refractivity contribution in [2.75, 3.05) is 26.2 Å². The van der Waals surface area contributed by atoms with Gasteiger partial charge in [-0.1, -0.05) is 18.2 Å². The Morgan fingerprint density at radius 2 is 1.78 bits per heavy atom. The maximum absolute atomic E-state index is 13.9. The number of alkyl halides is 3. The van der Waals surface area contributed by atoms with Crippen molar-refractivity contribution in [1.82, 2.24) is 24.6 Å². The molecule has 6 nitrogen and oxygen atoms in total. The van der Waals surface area contributed by atoms with Gasteiger partial charge in [-0.25, -0.2) is 14.1 Å². The summed E-state index contributed by atoms with van der Waals surface area (Å²) in [6.07, 6.45) is -4.54. The maximum Gasteiger partial charge on any atom is 0.417 e. The summed E-state index contributed by atoms with van der Waals surface area (Å²) in [5.74, 6) is -0.496. The smallest absolute Gasteiger partial charge is 0.339 e. The van der Waals surface area contributed by atoms with E-state index < -0.39 is 11.7 Å². The highest BCUT2D eigenvalue weighted by atomic mass is 19.4. The van der Waals surface area contributed by atoms with Crippen LogP contribution in [-0.4, -0.2) is 56.7 Å². The first-order chi connectivity index (χ1) is 15.1. The minimum Gasteiger partial charge on any atom is -0.339 e. The van der Waals surface area contributed by atoms with Crippen LogP contribution in [0.4, 0.5) is 17.6 Å². The van der Waals surface area contributed by atoms with E-state index in [2.05, 4.69) is 15.0 Å². The second kappa shape index (κ2) is 8.50. The zero-order valence-corrected chi connectivity index (χ0v) is 17.8. The topological polar surface area (TPSA) is 54.3 Å². The number of benzene rings is 1. The van der Waals surface area contributed by atoms with Gasteiger partial charge in [0.25, 0.3) is 0 Å². The molecule has 1 saturated heterocycles. The summed E-state index contributed by atoms with van der Waals surface area (Å²) in [6.45, 7) is 5.29. The van der Waals surface area contributed by atoms with Crippen LogP contribution in [-0.2, 0) is 24.1 Å². The van der Waals surface area contributed by atoms with Crippen molar-refractivity contribution in [2.24, 2.45) is 0 Å². The first kappa shape index (κ1) is 22.2. The van der Waals surface area contributed by atoms with E-state index in [9.17, 15) is 22.4 Å². The molecule has 3 heterocycles. The van der Waals surface area contributed by atoms with E-state index in [0.717, 1.165) is 6.07 Å². The number of hydrogen-bond donors (Lipinski definition) is 0. The van der Waals surface area contributed by atoms with Crippen molar-refractivity contribution >= 4 is 16.9 Å². The van der Waals surface area contributed by atoms with Gasteiger partial charge in [0.2, 0.25) is 5.91 Å². The molecule has 0 spiro atoms. The largest absolute Gasteiger partial charge is 0.417 e. The molecule has 0 aliphatic carbocycles. The lowest BCUT2D eigenvalue weighted by molar-refractivity contribution is -0.136. The quantitative estimate of drug-likeness (QED) is 0.572. The Labute approximate surface area is 182 Å². The lowest BCUT2D eigenvalue weighted by Crippen LogP contribution is -2.49.